The van der Waals surface area contributed by atoms with Crippen molar-refractivity contribution in [3.8, 4) is 17.0 Å². The average Bonchev–Trinajstić information content (AvgIpc) is 3.42. The van der Waals surface area contributed by atoms with Crippen molar-refractivity contribution < 1.29 is 14.3 Å². The molecule has 0 spiro atoms. The molecule has 202 valence electrons. The Hall–Kier alpha value is -4.48. The second kappa shape index (κ2) is 11.9. The highest BCUT2D eigenvalue weighted by atomic mass is 16.5. The summed E-state index contributed by atoms with van der Waals surface area (Å²) in [5, 5.41) is 14.1. The molecule has 1 fully saturated rings. The Morgan fingerprint density at radius 2 is 2.00 bits per heavy atom. The number of H-pyrrole nitrogens is 1. The molecule has 5 rings (SSSR count). The third-order valence-electron chi connectivity index (χ3n) is 6.25. The zero-order chi connectivity index (χ0) is 27.2. The average molecular weight is 529 g/mol. The number of methoxy groups -OCH3 is 1. The number of likely N-dealkylation sites (N-methyl/N-ethyl adjacent to an activating group) is 1. The molecule has 0 aliphatic carbocycles. The molecule has 0 atom stereocenters. The largest absolute Gasteiger partial charge is 0.496 e. The highest BCUT2D eigenvalue weighted by Gasteiger charge is 2.17. The van der Waals surface area contributed by atoms with E-state index >= 15 is 0 Å². The van der Waals surface area contributed by atoms with Crippen LogP contribution in [-0.2, 0) is 9.53 Å². The van der Waals surface area contributed by atoms with Gasteiger partial charge in [0.1, 0.15) is 5.75 Å². The molecule has 3 heterocycles. The van der Waals surface area contributed by atoms with E-state index < -0.39 is 0 Å². The molecular formula is C28H32N8O3. The standard InChI is InChI=1S/C28H32N8O3/c1-35(2)11-5-8-25(37)30-20-9-10-24(38-3)22(17-20)26-23-18-29-34-27(23)33-28(32-26)31-19-6-4-7-21(16-19)36-12-14-39-15-13-36/h4-10,16-18H,11-15H2,1-3H3,(H,30,37)(H2,29,31,32,33,34)/b8-5+. The van der Waals surface area contributed by atoms with Gasteiger partial charge in [0.05, 0.1) is 37.6 Å². The van der Waals surface area contributed by atoms with Gasteiger partial charge in [-0.25, -0.2) is 4.98 Å². The third-order valence-corrected chi connectivity index (χ3v) is 6.25. The molecule has 4 aromatic rings. The summed E-state index contributed by atoms with van der Waals surface area (Å²) in [6.45, 7) is 3.80. The number of amides is 1. The van der Waals surface area contributed by atoms with Crippen LogP contribution in [0.2, 0.25) is 0 Å². The number of carbonyl (C=O) groups is 1. The Bertz CT molecular complexity index is 1480. The molecule has 2 aromatic heterocycles. The van der Waals surface area contributed by atoms with Crippen LogP contribution in [0.25, 0.3) is 22.3 Å². The molecule has 1 amide bonds. The van der Waals surface area contributed by atoms with Crippen LogP contribution in [0, 0.1) is 0 Å². The third kappa shape index (κ3) is 6.33. The van der Waals surface area contributed by atoms with Crippen molar-refractivity contribution in [2.24, 2.45) is 0 Å². The summed E-state index contributed by atoms with van der Waals surface area (Å²) >= 11 is 0. The maximum atomic E-state index is 12.5. The van der Waals surface area contributed by atoms with E-state index in [1.807, 2.05) is 43.3 Å². The lowest BCUT2D eigenvalue weighted by molar-refractivity contribution is -0.111. The summed E-state index contributed by atoms with van der Waals surface area (Å²) in [5.41, 5.74) is 4.49. The summed E-state index contributed by atoms with van der Waals surface area (Å²) in [7, 11) is 5.49. The molecule has 2 aromatic carbocycles. The van der Waals surface area contributed by atoms with Crippen molar-refractivity contribution in [1.29, 1.82) is 0 Å². The van der Waals surface area contributed by atoms with E-state index in [-0.39, 0.29) is 5.91 Å². The molecule has 39 heavy (non-hydrogen) atoms. The fraction of sp³-hybridized carbons (Fsp3) is 0.286. The second-order valence-corrected chi connectivity index (χ2v) is 9.37. The number of nitrogens with zero attached hydrogens (tertiary/aromatic N) is 5. The normalized spacial score (nSPS) is 13.8. The molecule has 1 aliphatic heterocycles. The number of nitrogens with one attached hydrogen (secondary N) is 3. The van der Waals surface area contributed by atoms with Crippen LogP contribution >= 0.6 is 0 Å². The van der Waals surface area contributed by atoms with Gasteiger partial charge in [-0.3, -0.25) is 9.89 Å². The number of aromatic amines is 1. The zero-order valence-electron chi connectivity index (χ0n) is 22.3. The van der Waals surface area contributed by atoms with Crippen LogP contribution in [-0.4, -0.2) is 85.0 Å². The van der Waals surface area contributed by atoms with Crippen LogP contribution in [0.1, 0.15) is 0 Å². The van der Waals surface area contributed by atoms with Gasteiger partial charge in [0.15, 0.2) is 5.65 Å². The van der Waals surface area contributed by atoms with Crippen LogP contribution in [0.5, 0.6) is 5.75 Å². The number of ether oxygens (including phenoxy) is 2. The van der Waals surface area contributed by atoms with E-state index in [4.69, 9.17) is 14.5 Å². The van der Waals surface area contributed by atoms with Crippen molar-refractivity contribution in [1.82, 2.24) is 25.1 Å². The smallest absolute Gasteiger partial charge is 0.248 e. The number of rotatable bonds is 9. The van der Waals surface area contributed by atoms with Crippen molar-refractivity contribution in [3.63, 3.8) is 0 Å². The first-order valence-corrected chi connectivity index (χ1v) is 12.7. The van der Waals surface area contributed by atoms with E-state index in [0.29, 0.717) is 54.0 Å². The van der Waals surface area contributed by atoms with Gasteiger partial charge >= 0.3 is 0 Å². The molecule has 11 heteroatoms. The van der Waals surface area contributed by atoms with E-state index in [2.05, 4.69) is 42.8 Å². The Balaban J connectivity index is 1.45. The lowest BCUT2D eigenvalue weighted by atomic mass is 10.1. The number of anilines is 4. The Morgan fingerprint density at radius 1 is 1.15 bits per heavy atom. The number of carbonyl (C=O) groups excluding carboxylic acids is 1. The molecule has 0 bridgehead atoms. The summed E-state index contributed by atoms with van der Waals surface area (Å²) in [6.07, 6.45) is 5.02. The molecular weight excluding hydrogens is 496 g/mol. The minimum absolute atomic E-state index is 0.216. The summed E-state index contributed by atoms with van der Waals surface area (Å²) in [6, 6.07) is 13.6. The Kier molecular flexibility index (Phi) is 7.99. The van der Waals surface area contributed by atoms with Gasteiger partial charge in [-0.1, -0.05) is 12.1 Å². The van der Waals surface area contributed by atoms with Gasteiger partial charge in [-0.15, -0.1) is 0 Å². The first-order valence-electron chi connectivity index (χ1n) is 12.7. The van der Waals surface area contributed by atoms with Crippen molar-refractivity contribution in [2.45, 2.75) is 0 Å². The van der Waals surface area contributed by atoms with E-state index in [1.54, 1.807) is 25.4 Å². The maximum Gasteiger partial charge on any atom is 0.248 e. The quantitative estimate of drug-likeness (QED) is 0.280. The predicted octanol–water partition coefficient (Wildman–Crippen LogP) is 3.67. The van der Waals surface area contributed by atoms with E-state index in [9.17, 15) is 4.79 Å². The van der Waals surface area contributed by atoms with Crippen LogP contribution in [0.15, 0.2) is 60.8 Å². The van der Waals surface area contributed by atoms with Crippen molar-refractivity contribution in [3.05, 3.63) is 60.8 Å². The summed E-state index contributed by atoms with van der Waals surface area (Å²) < 4.78 is 11.1. The number of fused-ring (bicyclic) bond motifs is 1. The monoisotopic (exact) mass is 528 g/mol. The Labute approximate surface area is 226 Å². The topological polar surface area (TPSA) is 121 Å². The van der Waals surface area contributed by atoms with Crippen LogP contribution < -0.4 is 20.3 Å². The highest BCUT2D eigenvalue weighted by Crippen LogP contribution is 2.36. The minimum Gasteiger partial charge on any atom is -0.496 e. The van der Waals surface area contributed by atoms with Gasteiger partial charge in [0.2, 0.25) is 11.9 Å². The fourth-order valence-corrected chi connectivity index (χ4v) is 4.35. The van der Waals surface area contributed by atoms with Crippen molar-refractivity contribution in [2.75, 3.05) is 69.6 Å². The number of benzene rings is 2. The number of morpholine rings is 1. The maximum absolute atomic E-state index is 12.5. The molecule has 1 aliphatic rings. The first kappa shape index (κ1) is 26.1. The fourth-order valence-electron chi connectivity index (χ4n) is 4.35. The SMILES string of the molecule is COc1ccc(NC(=O)/C=C/CN(C)C)cc1-c1nc(Nc2cccc(N3CCOCC3)c2)nc2[nH]ncc12. The molecule has 0 radical (unpaired) electrons. The van der Waals surface area contributed by atoms with E-state index in [0.717, 1.165) is 29.9 Å². The van der Waals surface area contributed by atoms with Gasteiger partial charge in [0, 0.05) is 48.3 Å². The molecule has 11 nitrogen and oxygen atoms in total. The molecule has 3 N–H and O–H groups in total. The van der Waals surface area contributed by atoms with Crippen molar-refractivity contribution >= 4 is 40.0 Å². The predicted molar refractivity (Wildman–Crippen MR) is 153 cm³/mol. The zero-order valence-corrected chi connectivity index (χ0v) is 22.3. The summed E-state index contributed by atoms with van der Waals surface area (Å²) in [5.74, 6) is 0.799. The highest BCUT2D eigenvalue weighted by molar-refractivity contribution is 6.00. The lowest BCUT2D eigenvalue weighted by Crippen LogP contribution is -2.36. The molecule has 1 saturated heterocycles. The van der Waals surface area contributed by atoms with Crippen LogP contribution in [0.3, 0.4) is 0 Å². The lowest BCUT2D eigenvalue weighted by Gasteiger charge is -2.29. The minimum atomic E-state index is -0.216. The first-order chi connectivity index (χ1) is 19.0. The van der Waals surface area contributed by atoms with Crippen LogP contribution in [0.4, 0.5) is 23.0 Å². The van der Waals surface area contributed by atoms with E-state index in [1.165, 1.54) is 6.08 Å². The number of aromatic nitrogens is 4. The molecule has 0 saturated carbocycles. The summed E-state index contributed by atoms with van der Waals surface area (Å²) in [4.78, 5) is 26.2. The van der Waals surface area contributed by atoms with Gasteiger partial charge in [0.25, 0.3) is 0 Å². The number of hydrogen-bond donors (Lipinski definition) is 3. The van der Waals surface area contributed by atoms with Gasteiger partial charge in [-0.05, 0) is 50.5 Å². The molecule has 0 unspecified atom stereocenters. The van der Waals surface area contributed by atoms with Gasteiger partial charge < -0.3 is 29.9 Å². The number of hydrogen-bond acceptors (Lipinski definition) is 9. The Morgan fingerprint density at radius 3 is 2.79 bits per heavy atom. The second-order valence-electron chi connectivity index (χ2n) is 9.37. The van der Waals surface area contributed by atoms with Gasteiger partial charge in [-0.2, -0.15) is 10.1 Å².